The normalized spacial score (nSPS) is 15.8. The van der Waals surface area contributed by atoms with Gasteiger partial charge in [-0.1, -0.05) is 47.5 Å². The van der Waals surface area contributed by atoms with Crippen LogP contribution in [0.25, 0.3) is 6.08 Å². The minimum atomic E-state index is -0.0538. The molecular weight excluding hydrogens is 492 g/mol. The van der Waals surface area contributed by atoms with Crippen molar-refractivity contribution in [1.82, 2.24) is 4.90 Å². The van der Waals surface area contributed by atoms with Crippen LogP contribution < -0.4 is 9.47 Å². The average Bonchev–Trinajstić information content (AvgIpc) is 3.15. The summed E-state index contributed by atoms with van der Waals surface area (Å²) in [6.07, 6.45) is 1.88. The number of amidine groups is 1. The number of thioether (sulfide) groups is 1. The highest BCUT2D eigenvalue weighted by atomic mass is 35.5. The summed E-state index contributed by atoms with van der Waals surface area (Å²) in [4.78, 5) is 20.4. The van der Waals surface area contributed by atoms with Crippen molar-refractivity contribution >= 4 is 46.2 Å². The van der Waals surface area contributed by atoms with Crippen molar-refractivity contribution in [3.05, 3.63) is 93.3 Å². The molecule has 5 nitrogen and oxygen atoms in total. The molecule has 0 radical (unpaired) electrons. The smallest absolute Gasteiger partial charge is 0.266 e. The van der Waals surface area contributed by atoms with Gasteiger partial charge < -0.3 is 9.47 Å². The maximum atomic E-state index is 13.3. The van der Waals surface area contributed by atoms with Gasteiger partial charge in [-0.15, -0.1) is 0 Å². The predicted octanol–water partition coefficient (Wildman–Crippen LogP) is 7.64. The summed E-state index contributed by atoms with van der Waals surface area (Å²) < 4.78 is 11.9. The molecule has 0 unspecified atom stereocenters. The van der Waals surface area contributed by atoms with E-state index in [0.29, 0.717) is 39.8 Å². The second-order valence-electron chi connectivity index (χ2n) is 8.66. The van der Waals surface area contributed by atoms with Gasteiger partial charge in [-0.3, -0.25) is 9.69 Å². The first kappa shape index (κ1) is 25.9. The number of amides is 1. The zero-order valence-electron chi connectivity index (χ0n) is 20.8. The van der Waals surface area contributed by atoms with Crippen LogP contribution in [0.1, 0.15) is 37.5 Å². The number of ether oxygens (including phenoxy) is 2. The lowest BCUT2D eigenvalue weighted by atomic mass is 10.1. The van der Waals surface area contributed by atoms with Gasteiger partial charge in [0.05, 0.1) is 17.2 Å². The molecule has 1 heterocycles. The average molecular weight is 521 g/mol. The lowest BCUT2D eigenvalue weighted by molar-refractivity contribution is -0.123. The van der Waals surface area contributed by atoms with E-state index in [1.165, 1.54) is 17.3 Å². The largest absolute Gasteiger partial charge is 0.490 e. The molecule has 0 aromatic heterocycles. The molecule has 0 bridgehead atoms. The van der Waals surface area contributed by atoms with Crippen LogP contribution in [0, 0.1) is 6.92 Å². The molecule has 7 heteroatoms. The molecular formula is C29H29ClN2O3S. The first-order valence-electron chi connectivity index (χ1n) is 11.9. The van der Waals surface area contributed by atoms with Gasteiger partial charge in [-0.05, 0) is 93.1 Å². The molecule has 0 atom stereocenters. The molecule has 1 fully saturated rings. The molecule has 1 saturated heterocycles. The van der Waals surface area contributed by atoms with E-state index in [1.807, 2.05) is 101 Å². The molecule has 0 saturated carbocycles. The number of rotatable bonds is 8. The number of hydrogen-bond acceptors (Lipinski definition) is 5. The van der Waals surface area contributed by atoms with Crippen LogP contribution in [-0.4, -0.2) is 28.6 Å². The minimum absolute atomic E-state index is 0.0114. The molecule has 0 N–H and O–H groups in total. The van der Waals surface area contributed by atoms with Gasteiger partial charge in [0.1, 0.15) is 6.61 Å². The molecule has 0 spiro atoms. The number of nitrogens with zero attached hydrogens (tertiary/aromatic N) is 2. The lowest BCUT2D eigenvalue weighted by Crippen LogP contribution is -2.35. The Bertz CT molecular complexity index is 1280. The van der Waals surface area contributed by atoms with Crippen LogP contribution in [0.15, 0.2) is 76.6 Å². The number of aryl methyl sites for hydroxylation is 1. The van der Waals surface area contributed by atoms with Crippen molar-refractivity contribution in [3.8, 4) is 11.5 Å². The van der Waals surface area contributed by atoms with Crippen LogP contribution in [-0.2, 0) is 11.4 Å². The van der Waals surface area contributed by atoms with E-state index < -0.39 is 0 Å². The zero-order valence-corrected chi connectivity index (χ0v) is 22.4. The third-order valence-corrected chi connectivity index (χ3v) is 6.72. The molecule has 4 rings (SSSR count). The summed E-state index contributed by atoms with van der Waals surface area (Å²) in [5, 5.41) is 1.37. The van der Waals surface area contributed by atoms with E-state index in [1.54, 1.807) is 4.90 Å². The quantitative estimate of drug-likeness (QED) is 0.286. The first-order valence-corrected chi connectivity index (χ1v) is 13.1. The van der Waals surface area contributed by atoms with Crippen molar-refractivity contribution < 1.29 is 14.3 Å². The number of aliphatic imine (C=N–C) groups is 1. The van der Waals surface area contributed by atoms with E-state index in [-0.39, 0.29) is 11.9 Å². The van der Waals surface area contributed by atoms with Crippen molar-refractivity contribution in [2.24, 2.45) is 4.99 Å². The van der Waals surface area contributed by atoms with Crippen molar-refractivity contribution in [2.75, 3.05) is 6.61 Å². The summed E-state index contributed by atoms with van der Waals surface area (Å²) in [5.74, 6) is 1.22. The number of halogens is 1. The summed E-state index contributed by atoms with van der Waals surface area (Å²) in [6, 6.07) is 21.2. The Morgan fingerprint density at radius 3 is 2.39 bits per heavy atom. The van der Waals surface area contributed by atoms with Crippen molar-refractivity contribution in [3.63, 3.8) is 0 Å². The Kier molecular flexibility index (Phi) is 8.39. The minimum Gasteiger partial charge on any atom is -0.490 e. The van der Waals surface area contributed by atoms with Gasteiger partial charge in [-0.25, -0.2) is 4.99 Å². The van der Waals surface area contributed by atoms with E-state index in [0.717, 1.165) is 16.8 Å². The third kappa shape index (κ3) is 6.31. The van der Waals surface area contributed by atoms with E-state index in [2.05, 4.69) is 0 Å². The molecule has 0 aliphatic carbocycles. The molecule has 3 aromatic carbocycles. The Morgan fingerprint density at radius 1 is 1.00 bits per heavy atom. The van der Waals surface area contributed by atoms with E-state index >= 15 is 0 Å². The summed E-state index contributed by atoms with van der Waals surface area (Å²) >= 11 is 7.36. The zero-order chi connectivity index (χ0) is 25.7. The first-order chi connectivity index (χ1) is 17.3. The fourth-order valence-corrected chi connectivity index (χ4v) is 4.89. The van der Waals surface area contributed by atoms with Crippen LogP contribution in [0.5, 0.6) is 11.5 Å². The monoisotopic (exact) mass is 520 g/mol. The Labute approximate surface area is 221 Å². The van der Waals surface area contributed by atoms with Gasteiger partial charge in [0.2, 0.25) is 0 Å². The molecule has 1 aliphatic rings. The lowest BCUT2D eigenvalue weighted by Gasteiger charge is -2.19. The molecule has 36 heavy (non-hydrogen) atoms. The molecule has 1 aliphatic heterocycles. The van der Waals surface area contributed by atoms with Gasteiger partial charge in [0, 0.05) is 11.1 Å². The summed E-state index contributed by atoms with van der Waals surface area (Å²) in [7, 11) is 0. The van der Waals surface area contributed by atoms with Crippen LogP contribution in [0.2, 0.25) is 5.02 Å². The SMILES string of the molecule is CCOc1cc(/C=C2/SC(=Nc3ccc(C)cc3)N(C(C)C)C2=O)ccc1OCc1ccc(Cl)cc1. The second kappa shape index (κ2) is 11.7. The molecule has 186 valence electrons. The summed E-state index contributed by atoms with van der Waals surface area (Å²) in [5.41, 5.74) is 3.85. The van der Waals surface area contributed by atoms with Crippen molar-refractivity contribution in [1.29, 1.82) is 0 Å². The Balaban J connectivity index is 1.58. The number of carbonyl (C=O) groups excluding carboxylic acids is 1. The highest BCUT2D eigenvalue weighted by Crippen LogP contribution is 2.37. The fourth-order valence-electron chi connectivity index (χ4n) is 3.64. The topological polar surface area (TPSA) is 51.1 Å². The van der Waals surface area contributed by atoms with Gasteiger partial charge in [-0.2, -0.15) is 0 Å². The van der Waals surface area contributed by atoms with Crippen molar-refractivity contribution in [2.45, 2.75) is 40.3 Å². The third-order valence-electron chi connectivity index (χ3n) is 5.48. The second-order valence-corrected chi connectivity index (χ2v) is 10.1. The predicted molar refractivity (Wildman–Crippen MR) is 149 cm³/mol. The standard InChI is InChI=1S/C29H29ClN2O3S/c1-5-34-26-16-22(10-15-25(26)35-18-21-8-11-23(30)12-9-21)17-27-28(33)32(19(2)3)29(36-27)31-24-13-6-20(4)7-14-24/h6-17,19H,5,18H2,1-4H3/b27-17+,31-29?. The summed E-state index contributed by atoms with van der Waals surface area (Å²) in [6.45, 7) is 8.85. The Hall–Kier alpha value is -3.22. The highest BCUT2D eigenvalue weighted by Gasteiger charge is 2.35. The maximum Gasteiger partial charge on any atom is 0.266 e. The van der Waals surface area contributed by atoms with Gasteiger partial charge in [0.15, 0.2) is 16.7 Å². The molecule has 3 aromatic rings. The van der Waals surface area contributed by atoms with Crippen LogP contribution >= 0.6 is 23.4 Å². The number of hydrogen-bond donors (Lipinski definition) is 0. The number of benzene rings is 3. The van der Waals surface area contributed by atoms with Crippen LogP contribution in [0.3, 0.4) is 0 Å². The van der Waals surface area contributed by atoms with Crippen LogP contribution in [0.4, 0.5) is 5.69 Å². The molecule has 1 amide bonds. The highest BCUT2D eigenvalue weighted by molar-refractivity contribution is 8.18. The van der Waals surface area contributed by atoms with Gasteiger partial charge in [0.25, 0.3) is 5.91 Å². The van der Waals surface area contributed by atoms with E-state index in [4.69, 9.17) is 26.1 Å². The maximum absolute atomic E-state index is 13.3. The fraction of sp³-hybridized carbons (Fsp3) is 0.241. The van der Waals surface area contributed by atoms with E-state index in [9.17, 15) is 4.79 Å². The Morgan fingerprint density at radius 2 is 1.72 bits per heavy atom. The number of carbonyl (C=O) groups is 1. The van der Waals surface area contributed by atoms with Gasteiger partial charge >= 0.3 is 0 Å².